The highest BCUT2D eigenvalue weighted by Crippen LogP contribution is 2.16. The molecule has 1 saturated heterocycles. The first kappa shape index (κ1) is 13.9. The summed E-state index contributed by atoms with van der Waals surface area (Å²) in [6.07, 6.45) is 4.58. The van der Waals surface area contributed by atoms with E-state index in [-0.39, 0.29) is 17.8 Å². The molecule has 104 valence electrons. The van der Waals surface area contributed by atoms with E-state index in [0.717, 1.165) is 25.9 Å². The SMILES string of the molecule is Nc1nc(N)nc(SCC(=O)N2CCCCCC2)n1. The fraction of sp³-hybridized carbons (Fsp3) is 0.636. The molecule has 19 heavy (non-hydrogen) atoms. The third kappa shape index (κ3) is 4.23. The maximum Gasteiger partial charge on any atom is 0.233 e. The Morgan fingerprint density at radius 2 is 1.63 bits per heavy atom. The molecule has 1 aliphatic heterocycles. The quantitative estimate of drug-likeness (QED) is 0.778. The Balaban J connectivity index is 1.88. The Bertz CT molecular complexity index is 427. The number of carbonyl (C=O) groups is 1. The first-order chi connectivity index (χ1) is 9.15. The lowest BCUT2D eigenvalue weighted by atomic mass is 10.2. The van der Waals surface area contributed by atoms with Gasteiger partial charge in [0.2, 0.25) is 17.8 Å². The van der Waals surface area contributed by atoms with Crippen LogP contribution in [0.25, 0.3) is 0 Å². The molecule has 2 rings (SSSR count). The molecule has 0 radical (unpaired) electrons. The number of aromatic nitrogens is 3. The number of hydrogen-bond donors (Lipinski definition) is 2. The van der Waals surface area contributed by atoms with Gasteiger partial charge in [0.15, 0.2) is 5.16 Å². The van der Waals surface area contributed by atoms with Gasteiger partial charge >= 0.3 is 0 Å². The Labute approximate surface area is 116 Å². The summed E-state index contributed by atoms with van der Waals surface area (Å²) in [7, 11) is 0. The molecule has 4 N–H and O–H groups in total. The molecule has 2 heterocycles. The minimum atomic E-state index is 0.0808. The van der Waals surface area contributed by atoms with E-state index in [4.69, 9.17) is 11.5 Å². The largest absolute Gasteiger partial charge is 0.368 e. The summed E-state index contributed by atoms with van der Waals surface area (Å²) in [5, 5.41) is 0.396. The number of anilines is 2. The molecule has 0 unspecified atom stereocenters. The number of nitrogen functional groups attached to an aromatic ring is 2. The molecule has 0 aromatic carbocycles. The van der Waals surface area contributed by atoms with Gasteiger partial charge in [0.25, 0.3) is 0 Å². The molecule has 1 aromatic rings. The van der Waals surface area contributed by atoms with Crippen LogP contribution in [0.15, 0.2) is 5.16 Å². The van der Waals surface area contributed by atoms with Crippen LogP contribution in [0, 0.1) is 0 Å². The first-order valence-corrected chi connectivity index (χ1v) is 7.31. The lowest BCUT2D eigenvalue weighted by Gasteiger charge is -2.19. The fourth-order valence-electron chi connectivity index (χ4n) is 1.99. The Hall–Kier alpha value is -1.57. The Morgan fingerprint density at radius 1 is 1.05 bits per heavy atom. The molecule has 0 spiro atoms. The monoisotopic (exact) mass is 282 g/mol. The smallest absolute Gasteiger partial charge is 0.233 e. The van der Waals surface area contributed by atoms with E-state index < -0.39 is 0 Å². The van der Waals surface area contributed by atoms with Crippen LogP contribution < -0.4 is 11.5 Å². The van der Waals surface area contributed by atoms with Gasteiger partial charge in [-0.3, -0.25) is 4.79 Å². The predicted molar refractivity (Wildman–Crippen MR) is 74.4 cm³/mol. The van der Waals surface area contributed by atoms with E-state index in [0.29, 0.717) is 10.9 Å². The normalized spacial score (nSPS) is 16.1. The molecule has 1 fully saturated rings. The summed E-state index contributed by atoms with van der Waals surface area (Å²) in [6.45, 7) is 1.70. The molecular formula is C11H18N6OS. The maximum atomic E-state index is 12.1. The van der Waals surface area contributed by atoms with Gasteiger partial charge in [-0.2, -0.15) is 15.0 Å². The van der Waals surface area contributed by atoms with Crippen molar-refractivity contribution in [2.75, 3.05) is 30.3 Å². The van der Waals surface area contributed by atoms with Crippen LogP contribution >= 0.6 is 11.8 Å². The lowest BCUT2D eigenvalue weighted by molar-refractivity contribution is -0.128. The molecule has 1 aromatic heterocycles. The second kappa shape index (κ2) is 6.55. The molecule has 8 heteroatoms. The zero-order valence-electron chi connectivity index (χ0n) is 10.7. The summed E-state index contributed by atoms with van der Waals surface area (Å²) in [5.41, 5.74) is 11.0. The molecule has 0 atom stereocenters. The number of nitrogens with zero attached hydrogens (tertiary/aromatic N) is 4. The Morgan fingerprint density at radius 3 is 2.21 bits per heavy atom. The molecule has 1 aliphatic rings. The standard InChI is InChI=1S/C11H18N6OS/c12-9-14-10(13)16-11(15-9)19-7-8(18)17-5-3-1-2-4-6-17/h1-7H2,(H4,12,13,14,15,16). The number of carbonyl (C=O) groups excluding carboxylic acids is 1. The number of likely N-dealkylation sites (tertiary alicyclic amines) is 1. The van der Waals surface area contributed by atoms with E-state index in [1.54, 1.807) is 0 Å². The zero-order chi connectivity index (χ0) is 13.7. The van der Waals surface area contributed by atoms with Crippen molar-refractivity contribution >= 4 is 29.6 Å². The van der Waals surface area contributed by atoms with Crippen LogP contribution in [0.3, 0.4) is 0 Å². The highest BCUT2D eigenvalue weighted by molar-refractivity contribution is 7.99. The van der Waals surface area contributed by atoms with Gasteiger partial charge < -0.3 is 16.4 Å². The van der Waals surface area contributed by atoms with Gasteiger partial charge in [0, 0.05) is 13.1 Å². The maximum absolute atomic E-state index is 12.1. The average molecular weight is 282 g/mol. The van der Waals surface area contributed by atoms with Crippen LogP contribution in [0.4, 0.5) is 11.9 Å². The number of thioether (sulfide) groups is 1. The van der Waals surface area contributed by atoms with Crippen molar-refractivity contribution in [1.82, 2.24) is 19.9 Å². The van der Waals surface area contributed by atoms with Crippen molar-refractivity contribution in [2.24, 2.45) is 0 Å². The van der Waals surface area contributed by atoms with Crippen molar-refractivity contribution in [1.29, 1.82) is 0 Å². The molecule has 0 saturated carbocycles. The summed E-state index contributed by atoms with van der Waals surface area (Å²) >= 11 is 1.24. The second-order valence-electron chi connectivity index (χ2n) is 4.42. The number of nitrogens with two attached hydrogens (primary N) is 2. The second-order valence-corrected chi connectivity index (χ2v) is 5.36. The minimum Gasteiger partial charge on any atom is -0.368 e. The van der Waals surface area contributed by atoms with Gasteiger partial charge in [-0.1, -0.05) is 24.6 Å². The summed E-state index contributed by atoms with van der Waals surface area (Å²) < 4.78 is 0. The highest BCUT2D eigenvalue weighted by atomic mass is 32.2. The van der Waals surface area contributed by atoms with Crippen LogP contribution in [0.5, 0.6) is 0 Å². The average Bonchev–Trinajstić information content (AvgIpc) is 2.63. The van der Waals surface area contributed by atoms with Crippen LogP contribution in [0.1, 0.15) is 25.7 Å². The zero-order valence-corrected chi connectivity index (χ0v) is 11.5. The molecular weight excluding hydrogens is 264 g/mol. The number of hydrogen-bond acceptors (Lipinski definition) is 7. The van der Waals surface area contributed by atoms with Gasteiger partial charge in [0.05, 0.1) is 5.75 Å². The topological polar surface area (TPSA) is 111 Å². The minimum absolute atomic E-state index is 0.0808. The molecule has 0 bridgehead atoms. The van der Waals surface area contributed by atoms with Crippen molar-refractivity contribution in [3.05, 3.63) is 0 Å². The van der Waals surface area contributed by atoms with Crippen molar-refractivity contribution < 1.29 is 4.79 Å². The van der Waals surface area contributed by atoms with E-state index >= 15 is 0 Å². The van der Waals surface area contributed by atoms with E-state index in [1.165, 1.54) is 24.6 Å². The molecule has 0 aliphatic carbocycles. The Kier molecular flexibility index (Phi) is 4.78. The van der Waals surface area contributed by atoms with Crippen LogP contribution in [-0.2, 0) is 4.79 Å². The van der Waals surface area contributed by atoms with E-state index in [1.807, 2.05) is 4.90 Å². The van der Waals surface area contributed by atoms with Gasteiger partial charge in [-0.15, -0.1) is 0 Å². The van der Waals surface area contributed by atoms with E-state index in [9.17, 15) is 4.79 Å². The van der Waals surface area contributed by atoms with Crippen molar-refractivity contribution in [3.63, 3.8) is 0 Å². The lowest BCUT2D eigenvalue weighted by Crippen LogP contribution is -2.33. The van der Waals surface area contributed by atoms with Gasteiger partial charge in [-0.25, -0.2) is 0 Å². The van der Waals surface area contributed by atoms with Crippen LogP contribution in [0.2, 0.25) is 0 Å². The number of amides is 1. The fourth-order valence-corrected chi connectivity index (χ4v) is 2.74. The summed E-state index contributed by atoms with van der Waals surface area (Å²) in [6, 6.07) is 0. The molecule has 1 amide bonds. The van der Waals surface area contributed by atoms with E-state index in [2.05, 4.69) is 15.0 Å². The van der Waals surface area contributed by atoms with Crippen molar-refractivity contribution in [2.45, 2.75) is 30.8 Å². The third-order valence-corrected chi connectivity index (χ3v) is 3.77. The highest BCUT2D eigenvalue weighted by Gasteiger charge is 2.16. The van der Waals surface area contributed by atoms with Crippen LogP contribution in [-0.4, -0.2) is 44.6 Å². The summed E-state index contributed by atoms with van der Waals surface area (Å²) in [4.78, 5) is 25.5. The van der Waals surface area contributed by atoms with Gasteiger partial charge in [-0.05, 0) is 12.8 Å². The third-order valence-electron chi connectivity index (χ3n) is 2.93. The number of rotatable bonds is 3. The molecule has 7 nitrogen and oxygen atoms in total. The van der Waals surface area contributed by atoms with Gasteiger partial charge in [0.1, 0.15) is 0 Å². The predicted octanol–water partition coefficient (Wildman–Crippen LogP) is 0.531. The summed E-state index contributed by atoms with van der Waals surface area (Å²) in [5.74, 6) is 0.585. The van der Waals surface area contributed by atoms with Crippen molar-refractivity contribution in [3.8, 4) is 0 Å². The first-order valence-electron chi connectivity index (χ1n) is 6.33.